The van der Waals surface area contributed by atoms with Gasteiger partial charge in [0, 0.05) is 12.4 Å². The van der Waals surface area contributed by atoms with Gasteiger partial charge >= 0.3 is 0 Å². The van der Waals surface area contributed by atoms with E-state index in [0.717, 1.165) is 5.56 Å². The Morgan fingerprint density at radius 1 is 1.26 bits per heavy atom. The minimum Gasteiger partial charge on any atom is -0.374 e. The van der Waals surface area contributed by atoms with Crippen molar-refractivity contribution >= 4 is 0 Å². The minimum atomic E-state index is -1.20. The first-order valence-electron chi connectivity index (χ1n) is 6.24. The van der Waals surface area contributed by atoms with Crippen molar-refractivity contribution in [2.45, 2.75) is 25.4 Å². The Morgan fingerprint density at radius 3 is 2.74 bits per heavy atom. The van der Waals surface area contributed by atoms with Gasteiger partial charge in [0.1, 0.15) is 6.17 Å². The van der Waals surface area contributed by atoms with Gasteiger partial charge in [0.05, 0.1) is 25.8 Å². The molecule has 0 aliphatic rings. The Bertz CT molecular complexity index is 461. The van der Waals surface area contributed by atoms with E-state index in [1.54, 1.807) is 23.1 Å². The van der Waals surface area contributed by atoms with Gasteiger partial charge < -0.3 is 10.5 Å². The van der Waals surface area contributed by atoms with Crippen molar-refractivity contribution in [1.29, 1.82) is 0 Å². The van der Waals surface area contributed by atoms with Gasteiger partial charge in [0.15, 0.2) is 0 Å². The van der Waals surface area contributed by atoms with Gasteiger partial charge in [-0.05, 0) is 11.6 Å². The SMILES string of the molecule is NC(Cn1cccn1)C(F)COCc1ccccc1. The number of hydrogen-bond acceptors (Lipinski definition) is 3. The first-order chi connectivity index (χ1) is 9.25. The van der Waals surface area contributed by atoms with Crippen molar-refractivity contribution in [3.8, 4) is 0 Å². The van der Waals surface area contributed by atoms with Crippen molar-refractivity contribution in [1.82, 2.24) is 9.78 Å². The van der Waals surface area contributed by atoms with Crippen LogP contribution in [0.15, 0.2) is 48.8 Å². The van der Waals surface area contributed by atoms with Crippen LogP contribution in [0.25, 0.3) is 0 Å². The van der Waals surface area contributed by atoms with Gasteiger partial charge in [0.2, 0.25) is 0 Å². The molecule has 2 unspecified atom stereocenters. The van der Waals surface area contributed by atoms with E-state index in [0.29, 0.717) is 13.2 Å². The number of halogens is 1. The number of nitrogens with zero attached hydrogens (tertiary/aromatic N) is 2. The Labute approximate surface area is 112 Å². The fourth-order valence-corrected chi connectivity index (χ4v) is 1.73. The van der Waals surface area contributed by atoms with Gasteiger partial charge in [-0.25, -0.2) is 4.39 Å². The molecule has 1 aromatic heterocycles. The van der Waals surface area contributed by atoms with E-state index in [-0.39, 0.29) is 6.61 Å². The molecule has 2 atom stereocenters. The van der Waals surface area contributed by atoms with Crippen molar-refractivity contribution < 1.29 is 9.13 Å². The maximum Gasteiger partial charge on any atom is 0.140 e. The Kier molecular flexibility index (Phi) is 5.06. The highest BCUT2D eigenvalue weighted by molar-refractivity contribution is 5.13. The van der Waals surface area contributed by atoms with Gasteiger partial charge in [-0.15, -0.1) is 0 Å². The van der Waals surface area contributed by atoms with Crippen molar-refractivity contribution in [3.63, 3.8) is 0 Å². The van der Waals surface area contributed by atoms with Crippen molar-refractivity contribution in [2.75, 3.05) is 6.61 Å². The predicted octanol–water partition coefficient (Wildman–Crippen LogP) is 1.77. The topological polar surface area (TPSA) is 53.1 Å². The molecule has 2 aromatic rings. The zero-order valence-electron chi connectivity index (χ0n) is 10.7. The fourth-order valence-electron chi connectivity index (χ4n) is 1.73. The lowest BCUT2D eigenvalue weighted by atomic mass is 10.2. The molecule has 5 heteroatoms. The fraction of sp³-hybridized carbons (Fsp3) is 0.357. The average Bonchev–Trinajstić information content (AvgIpc) is 2.92. The first kappa shape index (κ1) is 13.7. The molecule has 4 nitrogen and oxygen atoms in total. The van der Waals surface area contributed by atoms with E-state index in [1.165, 1.54) is 0 Å². The van der Waals surface area contributed by atoms with E-state index in [1.807, 2.05) is 30.3 Å². The standard InChI is InChI=1S/C14H18FN3O/c15-13(14(16)9-18-8-4-7-17-18)11-19-10-12-5-2-1-3-6-12/h1-8,13-14H,9-11,16H2. The summed E-state index contributed by atoms with van der Waals surface area (Å²) in [5.74, 6) is 0. The summed E-state index contributed by atoms with van der Waals surface area (Å²) in [6.45, 7) is 0.746. The van der Waals surface area contributed by atoms with E-state index in [2.05, 4.69) is 5.10 Å². The highest BCUT2D eigenvalue weighted by Gasteiger charge is 2.17. The second kappa shape index (κ2) is 7.01. The van der Waals surface area contributed by atoms with Crippen LogP contribution >= 0.6 is 0 Å². The number of benzene rings is 1. The number of nitrogens with two attached hydrogens (primary N) is 1. The van der Waals surface area contributed by atoms with Crippen LogP contribution in [-0.2, 0) is 17.9 Å². The molecule has 1 heterocycles. The molecule has 0 spiro atoms. The molecular formula is C14H18FN3O. The second-order valence-electron chi connectivity index (χ2n) is 4.41. The Balaban J connectivity index is 1.70. The van der Waals surface area contributed by atoms with Crippen molar-refractivity contribution in [3.05, 3.63) is 54.4 Å². The van der Waals surface area contributed by atoms with Crippen LogP contribution in [0, 0.1) is 0 Å². The maximum absolute atomic E-state index is 13.8. The van der Waals surface area contributed by atoms with Gasteiger partial charge in [-0.3, -0.25) is 4.68 Å². The van der Waals surface area contributed by atoms with Crippen LogP contribution in [-0.4, -0.2) is 28.6 Å². The van der Waals surface area contributed by atoms with E-state index >= 15 is 0 Å². The minimum absolute atomic E-state index is 0.00265. The summed E-state index contributed by atoms with van der Waals surface area (Å²) in [5.41, 5.74) is 6.80. The lowest BCUT2D eigenvalue weighted by Gasteiger charge is -2.16. The predicted molar refractivity (Wildman–Crippen MR) is 71.2 cm³/mol. The molecule has 1 aromatic carbocycles. The summed E-state index contributed by atoms with van der Waals surface area (Å²) in [6, 6.07) is 10.8. The third kappa shape index (κ3) is 4.46. The third-order valence-electron chi connectivity index (χ3n) is 2.81. The summed E-state index contributed by atoms with van der Waals surface area (Å²) in [7, 11) is 0. The van der Waals surface area contributed by atoms with Crippen LogP contribution in [0.5, 0.6) is 0 Å². The van der Waals surface area contributed by atoms with E-state index in [4.69, 9.17) is 10.5 Å². The van der Waals surface area contributed by atoms with Crippen molar-refractivity contribution in [2.24, 2.45) is 5.73 Å². The number of rotatable bonds is 7. The van der Waals surface area contributed by atoms with Gasteiger partial charge in [-0.2, -0.15) is 5.10 Å². The molecule has 0 aliphatic heterocycles. The molecule has 0 radical (unpaired) electrons. The second-order valence-corrected chi connectivity index (χ2v) is 4.41. The molecule has 102 valence electrons. The quantitative estimate of drug-likeness (QED) is 0.828. The van der Waals surface area contributed by atoms with Gasteiger partial charge in [-0.1, -0.05) is 30.3 Å². The largest absolute Gasteiger partial charge is 0.374 e. The molecule has 2 rings (SSSR count). The summed E-state index contributed by atoms with van der Waals surface area (Å²) < 4.78 is 20.8. The molecule has 0 saturated carbocycles. The molecule has 0 aliphatic carbocycles. The summed E-state index contributed by atoms with van der Waals surface area (Å²) in [5, 5.41) is 4.00. The van der Waals surface area contributed by atoms with Crippen LogP contribution in [0.1, 0.15) is 5.56 Å². The van der Waals surface area contributed by atoms with Crippen LogP contribution < -0.4 is 5.73 Å². The smallest absolute Gasteiger partial charge is 0.140 e. The van der Waals surface area contributed by atoms with E-state index in [9.17, 15) is 4.39 Å². The number of hydrogen-bond donors (Lipinski definition) is 1. The van der Waals surface area contributed by atoms with Crippen LogP contribution in [0.3, 0.4) is 0 Å². The molecule has 0 saturated heterocycles. The lowest BCUT2D eigenvalue weighted by molar-refractivity contribution is 0.0567. The lowest BCUT2D eigenvalue weighted by Crippen LogP contribution is -2.38. The zero-order chi connectivity index (χ0) is 13.5. The molecule has 19 heavy (non-hydrogen) atoms. The summed E-state index contributed by atoms with van der Waals surface area (Å²) >= 11 is 0. The van der Waals surface area contributed by atoms with Crippen LogP contribution in [0.2, 0.25) is 0 Å². The molecule has 0 amide bonds. The Morgan fingerprint density at radius 2 is 2.05 bits per heavy atom. The molecule has 2 N–H and O–H groups in total. The normalized spacial score (nSPS) is 14.2. The summed E-state index contributed by atoms with van der Waals surface area (Å²) in [6.07, 6.45) is 2.21. The number of aromatic nitrogens is 2. The zero-order valence-corrected chi connectivity index (χ0v) is 10.7. The highest BCUT2D eigenvalue weighted by atomic mass is 19.1. The summed E-state index contributed by atoms with van der Waals surface area (Å²) in [4.78, 5) is 0. The molecule has 0 fully saturated rings. The highest BCUT2D eigenvalue weighted by Crippen LogP contribution is 2.05. The third-order valence-corrected chi connectivity index (χ3v) is 2.81. The maximum atomic E-state index is 13.8. The number of ether oxygens (including phenoxy) is 1. The first-order valence-corrected chi connectivity index (χ1v) is 6.24. The molecule has 0 bridgehead atoms. The van der Waals surface area contributed by atoms with Crippen LogP contribution in [0.4, 0.5) is 4.39 Å². The monoisotopic (exact) mass is 263 g/mol. The molecular weight excluding hydrogens is 245 g/mol. The Hall–Kier alpha value is -1.72. The van der Waals surface area contributed by atoms with E-state index < -0.39 is 12.2 Å². The number of alkyl halides is 1. The average molecular weight is 263 g/mol. The van der Waals surface area contributed by atoms with Gasteiger partial charge in [0.25, 0.3) is 0 Å².